The summed E-state index contributed by atoms with van der Waals surface area (Å²) in [4.78, 5) is 39.9. The second kappa shape index (κ2) is 19.4. The monoisotopic (exact) mass is 875 g/mol. The first-order valence-corrected chi connectivity index (χ1v) is 11.9. The summed E-state index contributed by atoms with van der Waals surface area (Å²) in [7, 11) is 2.47. The average Bonchev–Trinajstić information content (AvgIpc) is 2.81. The highest BCUT2D eigenvalue weighted by atomic mass is 19.4. The normalized spacial score (nSPS) is 13.6. The maximum absolute atomic E-state index is 12.5. The number of ether oxygens (including phenoxy) is 1. The summed E-state index contributed by atoms with van der Waals surface area (Å²) in [5, 5.41) is 0. The van der Waals surface area contributed by atoms with Crippen LogP contribution in [0.1, 0.15) is 19.3 Å². The van der Waals surface area contributed by atoms with Crippen molar-refractivity contribution in [3.63, 3.8) is 0 Å². The van der Waals surface area contributed by atoms with Crippen molar-refractivity contribution in [2.45, 2.75) is 74.8 Å². The lowest BCUT2D eigenvalue weighted by Crippen LogP contribution is -2.41. The molecule has 0 radical (unpaired) electrons. The molecule has 0 N–H and O–H groups in total. The zero-order valence-corrected chi connectivity index (χ0v) is 25.2. The SMILES string of the molecule is CN(C)C(=O)COCC(CC(F)(F)F)(CC(F)(F)F)CC(F)(F)F.O=C(C(F)(F)F)C(F)(F)F.O=C(C(F)(F)F)C(F)(F)F.O=C(C(F)(F)F)C(F)(F)F. The molecule has 0 bridgehead atoms. The van der Waals surface area contributed by atoms with Gasteiger partial charge in [0.1, 0.15) is 6.61 Å². The van der Waals surface area contributed by atoms with E-state index in [0.29, 0.717) is 0 Å². The van der Waals surface area contributed by atoms with Crippen molar-refractivity contribution in [2.24, 2.45) is 5.41 Å². The van der Waals surface area contributed by atoms with E-state index in [0.717, 1.165) is 4.90 Å². The van der Waals surface area contributed by atoms with Gasteiger partial charge in [-0.05, 0) is 0 Å². The van der Waals surface area contributed by atoms with E-state index < -0.39 is 117 Å². The quantitative estimate of drug-likeness (QED) is 0.239. The van der Waals surface area contributed by atoms with Crippen molar-refractivity contribution in [1.29, 1.82) is 0 Å². The highest BCUT2D eigenvalue weighted by molar-refractivity contribution is 5.89. The lowest BCUT2D eigenvalue weighted by atomic mass is 9.78. The molecular formula is C21H16F27NO5. The maximum atomic E-state index is 12.5. The number of halogens is 27. The van der Waals surface area contributed by atoms with Crippen molar-refractivity contribution >= 4 is 23.3 Å². The molecular weight excluding hydrogens is 859 g/mol. The molecule has 324 valence electrons. The minimum atomic E-state index is -5.82. The molecule has 0 aromatic heterocycles. The molecule has 6 nitrogen and oxygen atoms in total. The number of ketones is 3. The Hall–Kier alpha value is -3.45. The molecule has 0 saturated heterocycles. The van der Waals surface area contributed by atoms with E-state index in [1.807, 2.05) is 0 Å². The number of Topliss-reactive ketones (excluding diaryl/α,β-unsaturated/α-hetero) is 3. The molecule has 0 fully saturated rings. The van der Waals surface area contributed by atoms with Gasteiger partial charge in [-0.1, -0.05) is 0 Å². The molecule has 0 rings (SSSR count). The largest absolute Gasteiger partial charge is 0.459 e. The number of carbonyl (C=O) groups excluding carboxylic acids is 4. The van der Waals surface area contributed by atoms with Gasteiger partial charge >= 0.3 is 72.9 Å². The molecule has 1 amide bonds. The first-order valence-electron chi connectivity index (χ1n) is 11.9. The van der Waals surface area contributed by atoms with E-state index >= 15 is 0 Å². The fourth-order valence-electron chi connectivity index (χ4n) is 2.58. The predicted octanol–water partition coefficient (Wildman–Crippen LogP) is 8.98. The Balaban J connectivity index is -0.000000345. The van der Waals surface area contributed by atoms with Crippen LogP contribution >= 0.6 is 0 Å². The van der Waals surface area contributed by atoms with Gasteiger partial charge in [-0.25, -0.2) is 0 Å². The zero-order chi connectivity index (χ0) is 45.1. The van der Waals surface area contributed by atoms with Gasteiger partial charge in [-0.15, -0.1) is 0 Å². The summed E-state index contributed by atoms with van der Waals surface area (Å²) < 4.78 is 313. The second-order valence-electron chi connectivity index (χ2n) is 9.63. The lowest BCUT2D eigenvalue weighted by molar-refractivity contribution is -0.235. The molecule has 33 heteroatoms. The van der Waals surface area contributed by atoms with Gasteiger partial charge in [-0.3, -0.25) is 19.2 Å². The Morgan fingerprint density at radius 2 is 0.574 bits per heavy atom. The summed E-state index contributed by atoms with van der Waals surface area (Å²) in [5.74, 6) is -11.9. The number of likely N-dealkylation sites (N-methyl/N-ethyl adjacent to an activating group) is 1. The summed E-state index contributed by atoms with van der Waals surface area (Å²) in [5.41, 5.74) is -3.29. The van der Waals surface area contributed by atoms with Crippen molar-refractivity contribution < 1.29 is 142 Å². The summed E-state index contributed by atoms with van der Waals surface area (Å²) in [6, 6.07) is 0. The van der Waals surface area contributed by atoms with Crippen molar-refractivity contribution in [3.05, 3.63) is 0 Å². The summed E-state index contributed by atoms with van der Waals surface area (Å²) in [6.45, 7) is -2.44. The molecule has 0 aliphatic carbocycles. The fraction of sp³-hybridized carbons (Fsp3) is 0.810. The van der Waals surface area contributed by atoms with Gasteiger partial charge in [0.15, 0.2) is 0 Å². The number of carbonyl (C=O) groups is 4. The number of hydrogen-bond acceptors (Lipinski definition) is 5. The molecule has 0 heterocycles. The van der Waals surface area contributed by atoms with E-state index in [1.54, 1.807) is 0 Å². The van der Waals surface area contributed by atoms with Crippen molar-refractivity contribution in [2.75, 3.05) is 27.3 Å². The lowest BCUT2D eigenvalue weighted by Gasteiger charge is -2.35. The molecule has 0 aliphatic rings. The van der Waals surface area contributed by atoms with Gasteiger partial charge in [0, 0.05) is 19.5 Å². The number of rotatable bonds is 7. The third-order valence-electron chi connectivity index (χ3n) is 4.40. The van der Waals surface area contributed by atoms with Crippen LogP contribution in [0.25, 0.3) is 0 Å². The van der Waals surface area contributed by atoms with Gasteiger partial charge < -0.3 is 9.64 Å². The summed E-state index contributed by atoms with van der Waals surface area (Å²) >= 11 is 0. The number of hydrogen-bond donors (Lipinski definition) is 0. The molecule has 54 heavy (non-hydrogen) atoms. The number of amides is 1. The Morgan fingerprint density at radius 3 is 0.685 bits per heavy atom. The Bertz CT molecular complexity index is 1010. The predicted molar refractivity (Wildman–Crippen MR) is 115 cm³/mol. The standard InChI is InChI=1S/C12H16F9NO2.3C3F6O/c1-22(2)8(23)3-24-7-9(4-10(13,14)15,5-11(16,17)18)6-12(19,20)21;3*4-2(5,6)1(10)3(7,8)9/h3-7H2,1-2H3;;;. The molecule has 0 aromatic rings. The Kier molecular flexibility index (Phi) is 20.6. The van der Waals surface area contributed by atoms with Crippen LogP contribution in [0.15, 0.2) is 0 Å². The van der Waals surface area contributed by atoms with Crippen molar-refractivity contribution in [1.82, 2.24) is 4.90 Å². The zero-order valence-electron chi connectivity index (χ0n) is 25.2. The van der Waals surface area contributed by atoms with Crippen LogP contribution in [-0.4, -0.2) is 111 Å². The average molecular weight is 875 g/mol. The third kappa shape index (κ3) is 29.0. The molecule has 0 aromatic carbocycles. The third-order valence-corrected chi connectivity index (χ3v) is 4.40. The van der Waals surface area contributed by atoms with Crippen molar-refractivity contribution in [3.8, 4) is 0 Å². The number of nitrogens with zero attached hydrogens (tertiary/aromatic N) is 1. The molecule has 0 aliphatic heterocycles. The second-order valence-corrected chi connectivity index (χ2v) is 9.63. The Morgan fingerprint density at radius 1 is 0.389 bits per heavy atom. The van der Waals surface area contributed by atoms with E-state index in [9.17, 15) is 138 Å². The first kappa shape index (κ1) is 57.3. The minimum absolute atomic E-state index is 0.810. The van der Waals surface area contributed by atoms with Gasteiger partial charge in [-0.2, -0.15) is 119 Å². The van der Waals surface area contributed by atoms with E-state index in [2.05, 4.69) is 4.74 Å². The molecule has 0 spiro atoms. The minimum Gasteiger partial charge on any atom is -0.371 e. The highest BCUT2D eigenvalue weighted by Gasteiger charge is 2.58. The first-order chi connectivity index (χ1) is 22.9. The smallest absolute Gasteiger partial charge is 0.371 e. The van der Waals surface area contributed by atoms with Gasteiger partial charge in [0.05, 0.1) is 25.9 Å². The molecule has 0 atom stereocenters. The molecule has 0 saturated carbocycles. The van der Waals surface area contributed by atoms with E-state index in [-0.39, 0.29) is 0 Å². The highest BCUT2D eigenvalue weighted by Crippen LogP contribution is 2.48. The van der Waals surface area contributed by atoms with E-state index in [4.69, 9.17) is 0 Å². The summed E-state index contributed by atoms with van der Waals surface area (Å²) in [6.07, 6.45) is -57.8. The topological polar surface area (TPSA) is 80.8 Å². The van der Waals surface area contributed by atoms with Crippen LogP contribution in [-0.2, 0) is 23.9 Å². The van der Waals surface area contributed by atoms with Crippen LogP contribution in [0, 0.1) is 5.41 Å². The van der Waals surface area contributed by atoms with Crippen LogP contribution < -0.4 is 0 Å². The van der Waals surface area contributed by atoms with Crippen LogP contribution in [0.5, 0.6) is 0 Å². The van der Waals surface area contributed by atoms with E-state index in [1.165, 1.54) is 14.1 Å². The Labute approximate surface area is 279 Å². The fourth-order valence-corrected chi connectivity index (χ4v) is 2.58. The van der Waals surface area contributed by atoms with Crippen LogP contribution in [0.3, 0.4) is 0 Å². The molecule has 0 unspecified atom stereocenters. The van der Waals surface area contributed by atoms with Crippen LogP contribution in [0.2, 0.25) is 0 Å². The maximum Gasteiger partial charge on any atom is 0.459 e. The van der Waals surface area contributed by atoms with Crippen LogP contribution in [0.4, 0.5) is 119 Å². The van der Waals surface area contributed by atoms with Gasteiger partial charge in [0.25, 0.3) is 0 Å². The number of alkyl halides is 27. The van der Waals surface area contributed by atoms with Gasteiger partial charge in [0.2, 0.25) is 5.91 Å².